The van der Waals surface area contributed by atoms with Crippen LogP contribution in [0.25, 0.3) is 0 Å². The fraction of sp³-hybridized carbons (Fsp3) is 0.389. The van der Waals surface area contributed by atoms with Gasteiger partial charge in [-0.1, -0.05) is 18.2 Å². The molecule has 1 atom stereocenters. The lowest BCUT2D eigenvalue weighted by Crippen LogP contribution is -2.33. The van der Waals surface area contributed by atoms with Gasteiger partial charge in [-0.2, -0.15) is 0 Å². The first kappa shape index (κ1) is 16.3. The van der Waals surface area contributed by atoms with Crippen LogP contribution in [0.4, 0.5) is 0 Å². The number of aromatic nitrogens is 1. The van der Waals surface area contributed by atoms with Gasteiger partial charge in [0.2, 0.25) is 0 Å². The smallest absolute Gasteiger partial charge is 0.251 e. The van der Waals surface area contributed by atoms with E-state index >= 15 is 0 Å². The van der Waals surface area contributed by atoms with Crippen LogP contribution in [-0.2, 0) is 24.8 Å². The molecule has 4 nitrogen and oxygen atoms in total. The zero-order valence-electron chi connectivity index (χ0n) is 13.5. The van der Waals surface area contributed by atoms with Crippen LogP contribution >= 0.6 is 0 Å². The van der Waals surface area contributed by atoms with Gasteiger partial charge in [-0.15, -0.1) is 0 Å². The van der Waals surface area contributed by atoms with Crippen LogP contribution < -0.4 is 5.32 Å². The number of nitrogens with one attached hydrogen (secondary N) is 1. The number of rotatable bonds is 7. The van der Waals surface area contributed by atoms with Crippen molar-refractivity contribution < 1.29 is 9.53 Å². The van der Waals surface area contributed by atoms with Gasteiger partial charge in [0.1, 0.15) is 0 Å². The van der Waals surface area contributed by atoms with Gasteiger partial charge < -0.3 is 14.6 Å². The zero-order chi connectivity index (χ0) is 15.9. The molecule has 0 fully saturated rings. The van der Waals surface area contributed by atoms with E-state index < -0.39 is 0 Å². The van der Waals surface area contributed by atoms with Gasteiger partial charge in [0, 0.05) is 37.7 Å². The number of hydrogen-bond donors (Lipinski definition) is 1. The minimum absolute atomic E-state index is 0.0352. The van der Waals surface area contributed by atoms with E-state index in [4.69, 9.17) is 4.74 Å². The number of carbonyl (C=O) groups is 1. The van der Waals surface area contributed by atoms with Crippen molar-refractivity contribution in [1.82, 2.24) is 9.88 Å². The number of aryl methyl sites for hydroxylation is 2. The summed E-state index contributed by atoms with van der Waals surface area (Å²) >= 11 is 0. The molecular weight excluding hydrogens is 276 g/mol. The molecule has 22 heavy (non-hydrogen) atoms. The molecule has 2 rings (SSSR count). The first-order valence-electron chi connectivity index (χ1n) is 7.59. The summed E-state index contributed by atoms with van der Waals surface area (Å²) in [6.45, 7) is 2.49. The molecule has 1 amide bonds. The van der Waals surface area contributed by atoms with Crippen LogP contribution in [0.3, 0.4) is 0 Å². The highest BCUT2D eigenvalue weighted by Gasteiger charge is 2.13. The van der Waals surface area contributed by atoms with Crippen LogP contribution in [0.2, 0.25) is 0 Å². The van der Waals surface area contributed by atoms with Crippen LogP contribution in [0.5, 0.6) is 0 Å². The fourth-order valence-electron chi connectivity index (χ4n) is 2.52. The highest BCUT2D eigenvalue weighted by Crippen LogP contribution is 2.11. The maximum atomic E-state index is 12.4. The molecule has 118 valence electrons. The molecule has 0 aliphatic rings. The molecule has 0 saturated heterocycles. The number of benzene rings is 1. The zero-order valence-corrected chi connectivity index (χ0v) is 13.5. The number of hydrogen-bond acceptors (Lipinski definition) is 2. The highest BCUT2D eigenvalue weighted by molar-refractivity contribution is 5.95. The molecule has 0 unspecified atom stereocenters. The summed E-state index contributed by atoms with van der Waals surface area (Å²) in [6, 6.07) is 11.8. The third-order valence-electron chi connectivity index (χ3n) is 3.82. The SMILES string of the molecule is COCc1ccccc1C(=O)N[C@@H](C)CCc1cccn1C. The molecule has 1 aromatic carbocycles. The lowest BCUT2D eigenvalue weighted by molar-refractivity contribution is 0.0933. The molecule has 1 aromatic heterocycles. The van der Waals surface area contributed by atoms with Crippen LogP contribution in [0, 0.1) is 0 Å². The third-order valence-corrected chi connectivity index (χ3v) is 3.82. The van der Waals surface area contributed by atoms with E-state index in [0.717, 1.165) is 18.4 Å². The topological polar surface area (TPSA) is 43.3 Å². The summed E-state index contributed by atoms with van der Waals surface area (Å²) in [4.78, 5) is 12.4. The second-order valence-electron chi connectivity index (χ2n) is 5.61. The minimum atomic E-state index is -0.0352. The maximum absolute atomic E-state index is 12.4. The quantitative estimate of drug-likeness (QED) is 0.854. The standard InChI is InChI=1S/C18H24N2O2/c1-14(10-11-16-8-6-12-20(16)2)19-18(21)17-9-5-4-7-15(17)13-22-3/h4-9,12,14H,10-11,13H2,1-3H3,(H,19,21)/t14-/m0/s1. The Kier molecular flexibility index (Phi) is 5.78. The minimum Gasteiger partial charge on any atom is -0.380 e. The normalized spacial score (nSPS) is 12.1. The van der Waals surface area contributed by atoms with Gasteiger partial charge in [-0.3, -0.25) is 4.79 Å². The highest BCUT2D eigenvalue weighted by atomic mass is 16.5. The Labute approximate surface area is 132 Å². The number of methoxy groups -OCH3 is 1. The Morgan fingerprint density at radius 1 is 1.27 bits per heavy atom. The van der Waals surface area contributed by atoms with Crippen molar-refractivity contribution in [2.75, 3.05) is 7.11 Å². The first-order chi connectivity index (χ1) is 10.6. The molecule has 1 heterocycles. The molecule has 0 aliphatic carbocycles. The predicted octanol–water partition coefficient (Wildman–Crippen LogP) is 2.92. The van der Waals surface area contributed by atoms with Gasteiger partial charge in [0.15, 0.2) is 0 Å². The molecule has 0 radical (unpaired) electrons. The summed E-state index contributed by atoms with van der Waals surface area (Å²) in [5, 5.41) is 3.07. The number of amides is 1. The molecule has 0 aliphatic heterocycles. The van der Waals surface area contributed by atoms with Crippen molar-refractivity contribution in [1.29, 1.82) is 0 Å². The maximum Gasteiger partial charge on any atom is 0.251 e. The lowest BCUT2D eigenvalue weighted by atomic mass is 10.1. The average molecular weight is 300 g/mol. The van der Waals surface area contributed by atoms with Crippen molar-refractivity contribution in [3.05, 3.63) is 59.4 Å². The first-order valence-corrected chi connectivity index (χ1v) is 7.59. The summed E-state index contributed by atoms with van der Waals surface area (Å²) in [7, 11) is 3.68. The van der Waals surface area contributed by atoms with Crippen LogP contribution in [-0.4, -0.2) is 23.6 Å². The van der Waals surface area contributed by atoms with Gasteiger partial charge in [-0.05, 0) is 43.5 Å². The second kappa shape index (κ2) is 7.80. The second-order valence-corrected chi connectivity index (χ2v) is 5.61. The molecule has 0 saturated carbocycles. The van der Waals surface area contributed by atoms with Gasteiger partial charge >= 0.3 is 0 Å². The Balaban J connectivity index is 1.92. The molecule has 0 spiro atoms. The Morgan fingerprint density at radius 2 is 2.05 bits per heavy atom. The Hall–Kier alpha value is -2.07. The van der Waals surface area contributed by atoms with Crippen molar-refractivity contribution in [2.24, 2.45) is 7.05 Å². The molecule has 0 bridgehead atoms. The predicted molar refractivity (Wildman–Crippen MR) is 87.8 cm³/mol. The van der Waals surface area contributed by atoms with Crippen LogP contribution in [0.15, 0.2) is 42.6 Å². The van der Waals surface area contributed by atoms with Crippen molar-refractivity contribution in [3.8, 4) is 0 Å². The van der Waals surface area contributed by atoms with E-state index in [1.165, 1.54) is 5.69 Å². The number of carbonyl (C=O) groups excluding carboxylic acids is 1. The summed E-state index contributed by atoms with van der Waals surface area (Å²) in [6.07, 6.45) is 3.90. The lowest BCUT2D eigenvalue weighted by Gasteiger charge is -2.16. The molecular formula is C18H24N2O2. The van der Waals surface area contributed by atoms with E-state index in [1.807, 2.05) is 50.5 Å². The summed E-state index contributed by atoms with van der Waals surface area (Å²) in [5.41, 5.74) is 2.88. The fourth-order valence-corrected chi connectivity index (χ4v) is 2.52. The molecule has 2 aromatic rings. The monoisotopic (exact) mass is 300 g/mol. The van der Waals surface area contributed by atoms with Crippen molar-refractivity contribution in [3.63, 3.8) is 0 Å². The Morgan fingerprint density at radius 3 is 2.73 bits per heavy atom. The number of ether oxygens (including phenoxy) is 1. The van der Waals surface area contributed by atoms with Crippen molar-refractivity contribution >= 4 is 5.91 Å². The number of nitrogens with zero attached hydrogens (tertiary/aromatic N) is 1. The molecule has 4 heteroatoms. The van der Waals surface area contributed by atoms with E-state index in [-0.39, 0.29) is 11.9 Å². The largest absolute Gasteiger partial charge is 0.380 e. The van der Waals surface area contributed by atoms with Crippen LogP contribution in [0.1, 0.15) is 35.0 Å². The summed E-state index contributed by atoms with van der Waals surface area (Å²) in [5.74, 6) is -0.0352. The van der Waals surface area contributed by atoms with E-state index in [9.17, 15) is 4.79 Å². The Bertz CT molecular complexity index is 619. The third kappa shape index (κ3) is 4.21. The summed E-state index contributed by atoms with van der Waals surface area (Å²) < 4.78 is 7.26. The van der Waals surface area contributed by atoms with E-state index in [2.05, 4.69) is 16.0 Å². The average Bonchev–Trinajstić information content (AvgIpc) is 2.91. The van der Waals surface area contributed by atoms with Crippen molar-refractivity contribution in [2.45, 2.75) is 32.4 Å². The van der Waals surface area contributed by atoms with Gasteiger partial charge in [0.05, 0.1) is 6.61 Å². The van der Waals surface area contributed by atoms with Gasteiger partial charge in [0.25, 0.3) is 5.91 Å². The van der Waals surface area contributed by atoms with E-state index in [1.54, 1.807) is 7.11 Å². The van der Waals surface area contributed by atoms with Gasteiger partial charge in [-0.25, -0.2) is 0 Å². The van der Waals surface area contributed by atoms with E-state index in [0.29, 0.717) is 12.2 Å². The molecule has 1 N–H and O–H groups in total.